The average molecular weight is 256 g/mol. The lowest BCUT2D eigenvalue weighted by Gasteiger charge is -2.40. The molecule has 0 spiro atoms. The first-order chi connectivity index (χ1) is 8.38. The van der Waals surface area contributed by atoms with E-state index in [1.807, 2.05) is 0 Å². The summed E-state index contributed by atoms with van der Waals surface area (Å²) in [7, 11) is 0. The summed E-state index contributed by atoms with van der Waals surface area (Å²) in [5.74, 6) is 0.834. The largest absolute Gasteiger partial charge is 0.394 e. The lowest BCUT2D eigenvalue weighted by atomic mass is 9.76. The molecule has 0 aromatic heterocycles. The molecule has 1 fully saturated rings. The van der Waals surface area contributed by atoms with Gasteiger partial charge in [0.1, 0.15) is 0 Å². The smallest absolute Gasteiger partial charge is 0.237 e. The van der Waals surface area contributed by atoms with E-state index in [1.54, 1.807) is 0 Å². The number of hydrogen-bond acceptors (Lipinski definition) is 3. The zero-order chi connectivity index (χ0) is 13.8. The van der Waals surface area contributed by atoms with Gasteiger partial charge in [0.25, 0.3) is 0 Å². The first-order valence-electron chi connectivity index (χ1n) is 7.07. The van der Waals surface area contributed by atoms with Crippen molar-refractivity contribution >= 4 is 5.91 Å². The lowest BCUT2D eigenvalue weighted by Crippen LogP contribution is -2.57. The van der Waals surface area contributed by atoms with E-state index in [0.29, 0.717) is 18.3 Å². The molecular weight excluding hydrogens is 228 g/mol. The number of nitrogens with one attached hydrogen (secondary N) is 1. The van der Waals surface area contributed by atoms with Gasteiger partial charge in [0, 0.05) is 0 Å². The molecule has 0 saturated heterocycles. The number of rotatable bonds is 5. The SMILES string of the molecule is CC(C)C[C@@H](N)C(=O)NC1(CO)CCCC(C)C1. The van der Waals surface area contributed by atoms with E-state index < -0.39 is 11.6 Å². The molecule has 1 amide bonds. The summed E-state index contributed by atoms with van der Waals surface area (Å²) in [5, 5.41) is 12.6. The summed E-state index contributed by atoms with van der Waals surface area (Å²) in [5.41, 5.74) is 5.45. The molecule has 4 nitrogen and oxygen atoms in total. The zero-order valence-corrected chi connectivity index (χ0v) is 11.9. The van der Waals surface area contributed by atoms with Gasteiger partial charge in [-0.25, -0.2) is 0 Å². The molecule has 1 aliphatic rings. The van der Waals surface area contributed by atoms with Gasteiger partial charge in [-0.2, -0.15) is 0 Å². The van der Waals surface area contributed by atoms with Crippen LogP contribution in [0.15, 0.2) is 0 Å². The van der Waals surface area contributed by atoms with Gasteiger partial charge in [-0.15, -0.1) is 0 Å². The van der Waals surface area contributed by atoms with Crippen LogP contribution < -0.4 is 11.1 Å². The van der Waals surface area contributed by atoms with Crippen LogP contribution in [-0.4, -0.2) is 29.2 Å². The van der Waals surface area contributed by atoms with Gasteiger partial charge >= 0.3 is 0 Å². The highest BCUT2D eigenvalue weighted by atomic mass is 16.3. The van der Waals surface area contributed by atoms with Crippen molar-refractivity contribution < 1.29 is 9.90 Å². The van der Waals surface area contributed by atoms with Crippen LogP contribution in [0.4, 0.5) is 0 Å². The third-order valence-corrected chi connectivity index (χ3v) is 3.84. The number of amides is 1. The first kappa shape index (κ1) is 15.4. The molecule has 1 saturated carbocycles. The van der Waals surface area contributed by atoms with Crippen LogP contribution in [0.2, 0.25) is 0 Å². The van der Waals surface area contributed by atoms with E-state index in [-0.39, 0.29) is 12.5 Å². The number of carbonyl (C=O) groups excluding carboxylic acids is 1. The average Bonchev–Trinajstić information content (AvgIpc) is 2.28. The van der Waals surface area contributed by atoms with Crippen LogP contribution in [0, 0.1) is 11.8 Å². The second-order valence-corrected chi connectivity index (χ2v) is 6.37. The number of aliphatic hydroxyl groups is 1. The molecule has 18 heavy (non-hydrogen) atoms. The molecule has 3 atom stereocenters. The maximum atomic E-state index is 12.1. The maximum absolute atomic E-state index is 12.1. The summed E-state index contributed by atoms with van der Waals surface area (Å²) in [6.07, 6.45) is 4.62. The molecule has 0 aromatic rings. The molecule has 0 aliphatic heterocycles. The van der Waals surface area contributed by atoms with Crippen LogP contribution in [0.3, 0.4) is 0 Å². The van der Waals surface area contributed by atoms with Gasteiger partial charge in [-0.1, -0.05) is 33.6 Å². The minimum atomic E-state index is -0.467. The number of aliphatic hydroxyl groups excluding tert-OH is 1. The molecule has 0 radical (unpaired) electrons. The van der Waals surface area contributed by atoms with Crippen molar-refractivity contribution in [3.8, 4) is 0 Å². The Morgan fingerprint density at radius 2 is 2.22 bits per heavy atom. The van der Waals surface area contributed by atoms with E-state index in [9.17, 15) is 9.90 Å². The Bertz CT molecular complexity index is 281. The molecule has 0 aromatic carbocycles. The third-order valence-electron chi connectivity index (χ3n) is 3.84. The summed E-state index contributed by atoms with van der Waals surface area (Å²) >= 11 is 0. The summed E-state index contributed by atoms with van der Waals surface area (Å²) < 4.78 is 0. The summed E-state index contributed by atoms with van der Waals surface area (Å²) in [4.78, 5) is 12.1. The molecule has 2 unspecified atom stereocenters. The second-order valence-electron chi connectivity index (χ2n) is 6.37. The Morgan fingerprint density at radius 3 is 2.72 bits per heavy atom. The highest BCUT2D eigenvalue weighted by molar-refractivity contribution is 5.82. The fraction of sp³-hybridized carbons (Fsp3) is 0.929. The van der Waals surface area contributed by atoms with Gasteiger partial charge in [0.15, 0.2) is 0 Å². The Hall–Kier alpha value is -0.610. The summed E-state index contributed by atoms with van der Waals surface area (Å²) in [6.45, 7) is 6.29. The van der Waals surface area contributed by atoms with Crippen molar-refractivity contribution in [3.63, 3.8) is 0 Å². The summed E-state index contributed by atoms with van der Waals surface area (Å²) in [6, 6.07) is -0.467. The van der Waals surface area contributed by atoms with Gasteiger partial charge in [0.2, 0.25) is 5.91 Å². The molecule has 106 valence electrons. The Kier molecular flexibility index (Phi) is 5.60. The van der Waals surface area contributed by atoms with Crippen molar-refractivity contribution in [2.45, 2.75) is 64.5 Å². The second kappa shape index (κ2) is 6.53. The molecule has 4 heteroatoms. The predicted molar refractivity (Wildman–Crippen MR) is 73.0 cm³/mol. The van der Waals surface area contributed by atoms with Crippen LogP contribution in [0.5, 0.6) is 0 Å². The molecule has 0 heterocycles. The highest BCUT2D eigenvalue weighted by Crippen LogP contribution is 2.32. The molecular formula is C14H28N2O2. The van der Waals surface area contributed by atoms with Crippen molar-refractivity contribution in [2.75, 3.05) is 6.61 Å². The van der Waals surface area contributed by atoms with Crippen LogP contribution in [0.25, 0.3) is 0 Å². The van der Waals surface area contributed by atoms with Gasteiger partial charge < -0.3 is 16.2 Å². The van der Waals surface area contributed by atoms with E-state index in [0.717, 1.165) is 19.3 Å². The monoisotopic (exact) mass is 256 g/mol. The predicted octanol–water partition coefficient (Wildman–Crippen LogP) is 1.42. The Balaban J connectivity index is 2.59. The minimum Gasteiger partial charge on any atom is -0.394 e. The van der Waals surface area contributed by atoms with E-state index in [1.165, 1.54) is 6.42 Å². The fourth-order valence-corrected chi connectivity index (χ4v) is 2.93. The van der Waals surface area contributed by atoms with Crippen molar-refractivity contribution in [1.29, 1.82) is 0 Å². The Labute approximate surface area is 110 Å². The molecule has 1 rings (SSSR count). The number of hydrogen-bond donors (Lipinski definition) is 3. The van der Waals surface area contributed by atoms with Crippen molar-refractivity contribution in [1.82, 2.24) is 5.32 Å². The fourth-order valence-electron chi connectivity index (χ4n) is 2.93. The minimum absolute atomic E-state index is 0.0114. The number of nitrogens with two attached hydrogens (primary N) is 1. The first-order valence-corrected chi connectivity index (χ1v) is 7.07. The number of carbonyl (C=O) groups is 1. The third kappa shape index (κ3) is 4.25. The van der Waals surface area contributed by atoms with E-state index in [4.69, 9.17) is 5.73 Å². The van der Waals surface area contributed by atoms with Crippen LogP contribution >= 0.6 is 0 Å². The normalized spacial score (nSPS) is 30.2. The molecule has 1 aliphatic carbocycles. The van der Waals surface area contributed by atoms with Crippen LogP contribution in [-0.2, 0) is 4.79 Å². The van der Waals surface area contributed by atoms with E-state index in [2.05, 4.69) is 26.1 Å². The van der Waals surface area contributed by atoms with Crippen LogP contribution in [0.1, 0.15) is 52.9 Å². The van der Waals surface area contributed by atoms with Gasteiger partial charge in [0.05, 0.1) is 18.2 Å². The standard InChI is InChI=1S/C14H28N2O2/c1-10(2)7-12(15)13(18)16-14(9-17)6-4-5-11(3)8-14/h10-12,17H,4-9,15H2,1-3H3,(H,16,18)/t11?,12-,14?/m1/s1. The van der Waals surface area contributed by atoms with Gasteiger partial charge in [-0.3, -0.25) is 4.79 Å². The molecule has 4 N–H and O–H groups in total. The van der Waals surface area contributed by atoms with Crippen molar-refractivity contribution in [3.05, 3.63) is 0 Å². The van der Waals surface area contributed by atoms with Gasteiger partial charge in [-0.05, 0) is 31.1 Å². The molecule has 0 bridgehead atoms. The van der Waals surface area contributed by atoms with E-state index >= 15 is 0 Å². The highest BCUT2D eigenvalue weighted by Gasteiger charge is 2.36. The topological polar surface area (TPSA) is 75.4 Å². The van der Waals surface area contributed by atoms with Crippen molar-refractivity contribution in [2.24, 2.45) is 17.6 Å². The zero-order valence-electron chi connectivity index (χ0n) is 11.9. The lowest BCUT2D eigenvalue weighted by molar-refractivity contribution is -0.126. The maximum Gasteiger partial charge on any atom is 0.237 e. The quantitative estimate of drug-likeness (QED) is 0.696. The Morgan fingerprint density at radius 1 is 1.56 bits per heavy atom.